The Hall–Kier alpha value is -1.35. The maximum absolute atomic E-state index is 11.7. The smallest absolute Gasteiger partial charge is 0.237 e. The van der Waals surface area contributed by atoms with Crippen LogP contribution in [0.4, 0.5) is 0 Å². The van der Waals surface area contributed by atoms with Crippen LogP contribution in [0.15, 0.2) is 24.3 Å². The second-order valence-electron chi connectivity index (χ2n) is 4.94. The van der Waals surface area contributed by atoms with E-state index in [1.807, 2.05) is 0 Å². The van der Waals surface area contributed by atoms with Crippen molar-refractivity contribution in [3.8, 4) is 0 Å². The first-order valence-electron chi connectivity index (χ1n) is 6.46. The van der Waals surface area contributed by atoms with Crippen LogP contribution in [-0.4, -0.2) is 18.5 Å². The van der Waals surface area contributed by atoms with Gasteiger partial charge in [-0.25, -0.2) is 0 Å². The Morgan fingerprint density at radius 1 is 1.18 bits per heavy atom. The van der Waals surface area contributed by atoms with Gasteiger partial charge in [0.15, 0.2) is 0 Å². The lowest BCUT2D eigenvalue weighted by Crippen LogP contribution is -2.49. The highest BCUT2D eigenvalue weighted by molar-refractivity contribution is 5.82. The molecule has 1 aliphatic heterocycles. The molecule has 1 amide bonds. The molecule has 0 bridgehead atoms. The van der Waals surface area contributed by atoms with E-state index in [0.717, 1.165) is 32.2 Å². The SMILES string of the molecule is O=C1NCCCC1NC1CCc2ccccc21. The van der Waals surface area contributed by atoms with Crippen molar-refractivity contribution < 1.29 is 4.79 Å². The van der Waals surface area contributed by atoms with E-state index in [-0.39, 0.29) is 11.9 Å². The van der Waals surface area contributed by atoms with Crippen LogP contribution in [0.3, 0.4) is 0 Å². The summed E-state index contributed by atoms with van der Waals surface area (Å²) in [6, 6.07) is 8.91. The van der Waals surface area contributed by atoms with Crippen molar-refractivity contribution in [1.82, 2.24) is 10.6 Å². The zero-order valence-corrected chi connectivity index (χ0v) is 9.91. The van der Waals surface area contributed by atoms with Crippen LogP contribution in [0.5, 0.6) is 0 Å². The van der Waals surface area contributed by atoms with Crippen molar-refractivity contribution in [2.75, 3.05) is 6.54 Å². The lowest BCUT2D eigenvalue weighted by molar-refractivity contribution is -0.124. The minimum Gasteiger partial charge on any atom is -0.355 e. The number of fused-ring (bicyclic) bond motifs is 1. The highest BCUT2D eigenvalue weighted by atomic mass is 16.2. The third-order valence-corrected chi connectivity index (χ3v) is 3.82. The Bertz CT molecular complexity index is 430. The highest BCUT2D eigenvalue weighted by Crippen LogP contribution is 2.31. The van der Waals surface area contributed by atoms with Gasteiger partial charge in [-0.1, -0.05) is 24.3 Å². The number of amides is 1. The van der Waals surface area contributed by atoms with E-state index >= 15 is 0 Å². The average molecular weight is 230 g/mol. The summed E-state index contributed by atoms with van der Waals surface area (Å²) in [7, 11) is 0. The van der Waals surface area contributed by atoms with Gasteiger partial charge in [0.2, 0.25) is 5.91 Å². The van der Waals surface area contributed by atoms with Gasteiger partial charge in [-0.15, -0.1) is 0 Å². The molecule has 2 atom stereocenters. The molecule has 1 aliphatic carbocycles. The Morgan fingerprint density at radius 2 is 2.06 bits per heavy atom. The molecule has 1 saturated heterocycles. The fourth-order valence-corrected chi connectivity index (χ4v) is 2.90. The molecule has 1 fully saturated rings. The molecule has 1 aromatic carbocycles. The normalized spacial score (nSPS) is 27.6. The second-order valence-corrected chi connectivity index (χ2v) is 4.94. The lowest BCUT2D eigenvalue weighted by Gasteiger charge is -2.26. The first-order valence-corrected chi connectivity index (χ1v) is 6.46. The van der Waals surface area contributed by atoms with Gasteiger partial charge < -0.3 is 5.32 Å². The summed E-state index contributed by atoms with van der Waals surface area (Å²) in [4.78, 5) is 11.7. The molecule has 2 N–H and O–H groups in total. The van der Waals surface area contributed by atoms with Crippen LogP contribution in [-0.2, 0) is 11.2 Å². The molecule has 3 heteroatoms. The van der Waals surface area contributed by atoms with Gasteiger partial charge in [-0.05, 0) is 36.8 Å². The molecule has 0 saturated carbocycles. The van der Waals surface area contributed by atoms with E-state index in [4.69, 9.17) is 0 Å². The van der Waals surface area contributed by atoms with Crippen LogP contribution in [0.2, 0.25) is 0 Å². The fraction of sp³-hybridized carbons (Fsp3) is 0.500. The molecule has 1 heterocycles. The lowest BCUT2D eigenvalue weighted by atomic mass is 10.0. The van der Waals surface area contributed by atoms with Crippen molar-refractivity contribution in [1.29, 1.82) is 0 Å². The Kier molecular flexibility index (Phi) is 2.85. The molecular weight excluding hydrogens is 212 g/mol. The fourth-order valence-electron chi connectivity index (χ4n) is 2.90. The standard InChI is InChI=1S/C14H18N2O/c17-14-13(6-3-9-15-14)16-12-8-7-10-4-1-2-5-11(10)12/h1-2,4-5,12-13,16H,3,6-9H2,(H,15,17). The number of hydrogen-bond acceptors (Lipinski definition) is 2. The summed E-state index contributed by atoms with van der Waals surface area (Å²) in [5.41, 5.74) is 2.81. The van der Waals surface area contributed by atoms with E-state index in [1.54, 1.807) is 0 Å². The van der Waals surface area contributed by atoms with Gasteiger partial charge in [0.05, 0.1) is 6.04 Å². The first-order chi connectivity index (χ1) is 8.34. The maximum Gasteiger partial charge on any atom is 0.237 e. The first kappa shape index (κ1) is 10.8. The van der Waals surface area contributed by atoms with Crippen LogP contribution >= 0.6 is 0 Å². The number of hydrogen-bond donors (Lipinski definition) is 2. The molecule has 0 spiro atoms. The maximum atomic E-state index is 11.7. The van der Waals surface area contributed by atoms with Gasteiger partial charge in [-0.3, -0.25) is 10.1 Å². The molecule has 0 aromatic heterocycles. The minimum atomic E-state index is -0.0000869. The molecule has 3 rings (SSSR count). The third-order valence-electron chi connectivity index (χ3n) is 3.82. The molecule has 3 nitrogen and oxygen atoms in total. The predicted molar refractivity (Wildman–Crippen MR) is 66.7 cm³/mol. The molecule has 90 valence electrons. The van der Waals surface area contributed by atoms with Crippen molar-refractivity contribution in [2.24, 2.45) is 0 Å². The van der Waals surface area contributed by atoms with Crippen molar-refractivity contribution in [3.63, 3.8) is 0 Å². The summed E-state index contributed by atoms with van der Waals surface area (Å²) < 4.78 is 0. The number of benzene rings is 1. The monoisotopic (exact) mass is 230 g/mol. The quantitative estimate of drug-likeness (QED) is 0.809. The largest absolute Gasteiger partial charge is 0.355 e. The number of rotatable bonds is 2. The van der Waals surface area contributed by atoms with Gasteiger partial charge in [-0.2, -0.15) is 0 Å². The molecule has 2 aliphatic rings. The molecule has 2 unspecified atom stereocenters. The summed E-state index contributed by atoms with van der Waals surface area (Å²) in [5, 5.41) is 6.44. The highest BCUT2D eigenvalue weighted by Gasteiger charge is 2.28. The van der Waals surface area contributed by atoms with E-state index in [0.29, 0.717) is 6.04 Å². The van der Waals surface area contributed by atoms with Crippen LogP contribution in [0.1, 0.15) is 36.4 Å². The zero-order valence-electron chi connectivity index (χ0n) is 9.91. The Morgan fingerprint density at radius 3 is 2.94 bits per heavy atom. The van der Waals surface area contributed by atoms with Gasteiger partial charge >= 0.3 is 0 Å². The number of piperidine rings is 1. The number of aryl methyl sites for hydroxylation is 1. The number of nitrogens with one attached hydrogen (secondary N) is 2. The molecule has 17 heavy (non-hydrogen) atoms. The summed E-state index contributed by atoms with van der Waals surface area (Å²) >= 11 is 0. The second kappa shape index (κ2) is 4.49. The molecule has 1 aromatic rings. The van der Waals surface area contributed by atoms with E-state index < -0.39 is 0 Å². The molecule has 0 radical (unpaired) electrons. The predicted octanol–water partition coefficient (Wildman–Crippen LogP) is 1.54. The van der Waals surface area contributed by atoms with Crippen molar-refractivity contribution in [3.05, 3.63) is 35.4 Å². The van der Waals surface area contributed by atoms with Crippen LogP contribution in [0, 0.1) is 0 Å². The summed E-state index contributed by atoms with van der Waals surface area (Å²) in [6.45, 7) is 0.832. The summed E-state index contributed by atoms with van der Waals surface area (Å²) in [6.07, 6.45) is 4.29. The topological polar surface area (TPSA) is 41.1 Å². The van der Waals surface area contributed by atoms with Gasteiger partial charge in [0.1, 0.15) is 0 Å². The van der Waals surface area contributed by atoms with E-state index in [9.17, 15) is 4.79 Å². The Labute approximate surface area is 102 Å². The Balaban J connectivity index is 1.72. The van der Waals surface area contributed by atoms with Crippen LogP contribution < -0.4 is 10.6 Å². The third kappa shape index (κ3) is 2.07. The number of carbonyl (C=O) groups is 1. The van der Waals surface area contributed by atoms with E-state index in [2.05, 4.69) is 34.9 Å². The van der Waals surface area contributed by atoms with Crippen molar-refractivity contribution >= 4 is 5.91 Å². The van der Waals surface area contributed by atoms with Crippen molar-refractivity contribution in [2.45, 2.75) is 37.8 Å². The van der Waals surface area contributed by atoms with Gasteiger partial charge in [0.25, 0.3) is 0 Å². The number of carbonyl (C=O) groups excluding carboxylic acids is 1. The average Bonchev–Trinajstić information content (AvgIpc) is 2.76. The van der Waals surface area contributed by atoms with E-state index in [1.165, 1.54) is 11.1 Å². The van der Waals surface area contributed by atoms with Gasteiger partial charge in [0, 0.05) is 12.6 Å². The molecular formula is C14H18N2O. The minimum absolute atomic E-state index is 0.0000869. The van der Waals surface area contributed by atoms with Crippen LogP contribution in [0.25, 0.3) is 0 Å². The zero-order chi connectivity index (χ0) is 11.7. The summed E-state index contributed by atoms with van der Waals surface area (Å²) in [5.74, 6) is 0.167.